The fraction of sp³-hybridized carbons (Fsp3) is 0.636. The van der Waals surface area contributed by atoms with Gasteiger partial charge in [-0.25, -0.2) is 13.1 Å². The predicted molar refractivity (Wildman–Crippen MR) is 69.2 cm³/mol. The summed E-state index contributed by atoms with van der Waals surface area (Å²) in [5.74, 6) is 0.523. The minimum absolute atomic E-state index is 0.105. The number of hydrogen-bond acceptors (Lipinski definition) is 6. The van der Waals surface area contributed by atoms with Crippen molar-refractivity contribution in [2.24, 2.45) is 0 Å². The molecule has 3 N–H and O–H groups in total. The van der Waals surface area contributed by atoms with Crippen LogP contribution in [0.25, 0.3) is 0 Å². The first-order valence-corrected chi connectivity index (χ1v) is 7.38. The third kappa shape index (κ3) is 5.29. The van der Waals surface area contributed by atoms with Crippen molar-refractivity contribution in [1.29, 1.82) is 0 Å². The number of aliphatic hydroxyl groups excluding tert-OH is 1. The third-order valence-corrected chi connectivity index (χ3v) is 3.77. The number of aliphatic hydroxyl groups is 1. The quantitative estimate of drug-likeness (QED) is 0.539. The zero-order chi connectivity index (χ0) is 14.3. The van der Waals surface area contributed by atoms with E-state index in [9.17, 15) is 13.5 Å². The summed E-state index contributed by atoms with van der Waals surface area (Å²) in [6, 6.07) is 3.01. The van der Waals surface area contributed by atoms with Crippen molar-refractivity contribution in [3.8, 4) is 0 Å². The highest BCUT2D eigenvalue weighted by Crippen LogP contribution is 2.13. The van der Waals surface area contributed by atoms with Crippen LogP contribution >= 0.6 is 0 Å². The van der Waals surface area contributed by atoms with Gasteiger partial charge in [0, 0.05) is 7.11 Å². The van der Waals surface area contributed by atoms with Crippen molar-refractivity contribution in [3.63, 3.8) is 0 Å². The van der Waals surface area contributed by atoms with Gasteiger partial charge in [0.15, 0.2) is 0 Å². The summed E-state index contributed by atoms with van der Waals surface area (Å²) < 4.78 is 35.0. The fourth-order valence-electron chi connectivity index (χ4n) is 1.45. The SMILES string of the molecule is CNS(=O)(=O)c1ccc(CNCCC(O)COC)o1. The van der Waals surface area contributed by atoms with Gasteiger partial charge in [0.25, 0.3) is 10.0 Å². The second kappa shape index (κ2) is 7.61. The fourth-order valence-corrected chi connectivity index (χ4v) is 2.12. The zero-order valence-corrected chi connectivity index (χ0v) is 11.9. The van der Waals surface area contributed by atoms with Crippen LogP contribution in [0.5, 0.6) is 0 Å². The number of ether oxygens (including phenoxy) is 1. The molecule has 0 bridgehead atoms. The van der Waals surface area contributed by atoms with Crippen LogP contribution in [-0.4, -0.2) is 46.9 Å². The lowest BCUT2D eigenvalue weighted by Crippen LogP contribution is -2.22. The lowest BCUT2D eigenvalue weighted by molar-refractivity contribution is 0.0593. The Morgan fingerprint density at radius 2 is 2.21 bits per heavy atom. The summed E-state index contributed by atoms with van der Waals surface area (Å²) in [5.41, 5.74) is 0. The molecule has 0 aliphatic rings. The highest BCUT2D eigenvalue weighted by Gasteiger charge is 2.16. The average Bonchev–Trinajstić information content (AvgIpc) is 2.84. The molecule has 1 rings (SSSR count). The van der Waals surface area contributed by atoms with Crippen molar-refractivity contribution in [1.82, 2.24) is 10.0 Å². The molecule has 0 aliphatic carbocycles. The molecule has 1 heterocycles. The van der Waals surface area contributed by atoms with Crippen LogP contribution in [-0.2, 0) is 21.3 Å². The molecule has 0 aromatic carbocycles. The normalized spacial score (nSPS) is 13.6. The predicted octanol–water partition coefficient (Wildman–Crippen LogP) is -0.325. The highest BCUT2D eigenvalue weighted by atomic mass is 32.2. The van der Waals surface area contributed by atoms with E-state index < -0.39 is 16.1 Å². The Kier molecular flexibility index (Phi) is 6.46. The Labute approximate surface area is 113 Å². The van der Waals surface area contributed by atoms with E-state index in [2.05, 4.69) is 10.0 Å². The van der Waals surface area contributed by atoms with Crippen LogP contribution in [0.1, 0.15) is 12.2 Å². The monoisotopic (exact) mass is 292 g/mol. The van der Waals surface area contributed by atoms with E-state index >= 15 is 0 Å². The van der Waals surface area contributed by atoms with Crippen molar-refractivity contribution in [3.05, 3.63) is 17.9 Å². The molecular weight excluding hydrogens is 272 g/mol. The number of nitrogens with one attached hydrogen (secondary N) is 2. The Morgan fingerprint density at radius 3 is 2.84 bits per heavy atom. The molecule has 19 heavy (non-hydrogen) atoms. The molecule has 110 valence electrons. The first-order chi connectivity index (χ1) is 8.99. The van der Waals surface area contributed by atoms with Crippen molar-refractivity contribution < 1.29 is 22.7 Å². The molecule has 0 spiro atoms. The van der Waals surface area contributed by atoms with Gasteiger partial charge in [-0.3, -0.25) is 0 Å². The molecule has 0 amide bonds. The van der Waals surface area contributed by atoms with E-state index in [-0.39, 0.29) is 5.09 Å². The van der Waals surface area contributed by atoms with Crippen LogP contribution in [0.15, 0.2) is 21.6 Å². The standard InChI is InChI=1S/C11H20N2O5S/c1-12-19(15,16)11-4-3-10(18-11)7-13-6-5-9(14)8-17-2/h3-4,9,12-14H,5-8H2,1-2H3. The Bertz CT molecular complexity index is 471. The number of hydrogen-bond donors (Lipinski definition) is 3. The summed E-state index contributed by atoms with van der Waals surface area (Å²) in [5, 5.41) is 12.4. The van der Waals surface area contributed by atoms with Gasteiger partial charge in [0.1, 0.15) is 5.76 Å². The maximum atomic E-state index is 11.4. The summed E-state index contributed by atoms with van der Waals surface area (Å²) in [7, 11) is -0.672. The summed E-state index contributed by atoms with van der Waals surface area (Å²) in [4.78, 5) is 0. The molecule has 1 aromatic rings. The Hall–Kier alpha value is -0.930. The number of methoxy groups -OCH3 is 1. The second-order valence-corrected chi connectivity index (χ2v) is 5.82. The van der Waals surface area contributed by atoms with Crippen LogP contribution in [0, 0.1) is 0 Å². The summed E-state index contributed by atoms with van der Waals surface area (Å²) in [6.45, 7) is 1.28. The van der Waals surface area contributed by atoms with Gasteiger partial charge in [0.05, 0.1) is 19.3 Å². The summed E-state index contributed by atoms with van der Waals surface area (Å²) in [6.07, 6.45) is 0.0466. The molecule has 1 atom stereocenters. The van der Waals surface area contributed by atoms with E-state index in [0.717, 1.165) is 0 Å². The molecular formula is C11H20N2O5S. The maximum Gasteiger partial charge on any atom is 0.273 e. The molecule has 0 saturated carbocycles. The highest BCUT2D eigenvalue weighted by molar-refractivity contribution is 7.89. The van der Waals surface area contributed by atoms with E-state index in [1.165, 1.54) is 20.2 Å². The molecule has 0 aliphatic heterocycles. The van der Waals surface area contributed by atoms with Crippen LogP contribution in [0.2, 0.25) is 0 Å². The first-order valence-electron chi connectivity index (χ1n) is 5.89. The van der Waals surface area contributed by atoms with Crippen molar-refractivity contribution in [2.45, 2.75) is 24.2 Å². The average molecular weight is 292 g/mol. The third-order valence-electron chi connectivity index (χ3n) is 2.48. The molecule has 0 radical (unpaired) electrons. The van der Waals surface area contributed by atoms with E-state index in [0.29, 0.717) is 31.9 Å². The van der Waals surface area contributed by atoms with Gasteiger partial charge in [-0.2, -0.15) is 0 Å². The number of furan rings is 1. The van der Waals surface area contributed by atoms with Gasteiger partial charge < -0.3 is 19.6 Å². The lowest BCUT2D eigenvalue weighted by atomic mass is 10.2. The molecule has 1 aromatic heterocycles. The molecule has 1 unspecified atom stereocenters. The first kappa shape index (κ1) is 16.1. The molecule has 8 heteroatoms. The van der Waals surface area contributed by atoms with Crippen LogP contribution in [0.4, 0.5) is 0 Å². The minimum atomic E-state index is -3.53. The lowest BCUT2D eigenvalue weighted by Gasteiger charge is -2.09. The van der Waals surface area contributed by atoms with Crippen molar-refractivity contribution >= 4 is 10.0 Å². The van der Waals surface area contributed by atoms with E-state index in [4.69, 9.17) is 9.15 Å². The second-order valence-electron chi connectivity index (χ2n) is 4.00. The Morgan fingerprint density at radius 1 is 1.47 bits per heavy atom. The largest absolute Gasteiger partial charge is 0.447 e. The Balaban J connectivity index is 2.35. The zero-order valence-electron chi connectivity index (χ0n) is 11.0. The van der Waals surface area contributed by atoms with E-state index in [1.807, 2.05) is 0 Å². The molecule has 0 saturated heterocycles. The van der Waals surface area contributed by atoms with E-state index in [1.54, 1.807) is 6.07 Å². The van der Waals surface area contributed by atoms with Gasteiger partial charge in [-0.15, -0.1) is 0 Å². The minimum Gasteiger partial charge on any atom is -0.447 e. The number of rotatable bonds is 9. The molecule has 0 fully saturated rings. The van der Waals surface area contributed by atoms with Gasteiger partial charge >= 0.3 is 0 Å². The smallest absolute Gasteiger partial charge is 0.273 e. The van der Waals surface area contributed by atoms with Gasteiger partial charge in [0.2, 0.25) is 5.09 Å². The van der Waals surface area contributed by atoms with Gasteiger partial charge in [-0.05, 0) is 32.1 Å². The van der Waals surface area contributed by atoms with Crippen LogP contribution in [0.3, 0.4) is 0 Å². The molecule has 7 nitrogen and oxygen atoms in total. The van der Waals surface area contributed by atoms with Gasteiger partial charge in [-0.1, -0.05) is 0 Å². The maximum absolute atomic E-state index is 11.4. The topological polar surface area (TPSA) is 101 Å². The summed E-state index contributed by atoms with van der Waals surface area (Å²) >= 11 is 0. The van der Waals surface area contributed by atoms with Crippen molar-refractivity contribution in [2.75, 3.05) is 27.3 Å². The van der Waals surface area contributed by atoms with Crippen LogP contribution < -0.4 is 10.0 Å². The number of sulfonamides is 1.